The van der Waals surface area contributed by atoms with Crippen LogP contribution >= 0.6 is 46.6 Å². The van der Waals surface area contributed by atoms with Gasteiger partial charge in [-0.1, -0.05) is 175 Å². The minimum atomic E-state index is -2.04. The first-order valence-corrected chi connectivity index (χ1v) is 19.6. The lowest BCUT2D eigenvalue weighted by Crippen LogP contribution is -2.38. The molecule has 276 valence electrons. The minimum absolute atomic E-state index is 0.0337. The number of hydrogen-bond donors (Lipinski definition) is 2. The molecule has 1 amide bonds. The Bertz CT molecular complexity index is 2120. The van der Waals surface area contributed by atoms with E-state index in [1.807, 2.05) is 127 Å². The Kier molecular flexibility index (Phi) is 12.1. The number of benzene rings is 5. The summed E-state index contributed by atoms with van der Waals surface area (Å²) in [5.41, 5.74) is 8.15. The maximum atomic E-state index is 12.1. The Hall–Kier alpha value is -4.12. The molecule has 2 N–H and O–H groups in total. The molecule has 1 aromatic heterocycles. The number of nitrogens with one attached hydrogen (secondary N) is 1. The van der Waals surface area contributed by atoms with Crippen molar-refractivity contribution in [3.8, 4) is 33.7 Å². The van der Waals surface area contributed by atoms with Crippen LogP contribution in [-0.2, 0) is 27.4 Å². The summed E-state index contributed by atoms with van der Waals surface area (Å²) in [6.07, 6.45) is -1.21. The number of amides is 1. The smallest absolute Gasteiger partial charge is 0.272 e. The molecule has 6 aromatic rings. The molecular weight excluding hydrogens is 763 g/mol. The number of carbonyl (C=O) groups excluding carboxylic acids is 1. The highest BCUT2D eigenvalue weighted by Gasteiger charge is 2.39. The number of aliphatic hydroxyl groups excluding tert-OH is 1. The molecule has 0 bridgehead atoms. The molecule has 11 heteroatoms. The van der Waals surface area contributed by atoms with Crippen molar-refractivity contribution >= 4 is 52.5 Å². The van der Waals surface area contributed by atoms with E-state index in [0.29, 0.717) is 11.0 Å². The van der Waals surface area contributed by atoms with E-state index in [1.54, 1.807) is 0 Å². The molecule has 5 aromatic carbocycles. The highest BCUT2D eigenvalue weighted by Crippen LogP contribution is 2.44. The number of aromatic nitrogens is 1. The molecule has 0 radical (unpaired) electrons. The molecule has 1 aliphatic heterocycles. The first-order chi connectivity index (χ1) is 26.2. The zero-order valence-corrected chi connectivity index (χ0v) is 32.3. The molecule has 1 aliphatic rings. The quantitative estimate of drug-likeness (QED) is 0.0995. The SMILES string of the molecule is C[C@@H]1[C@H](CSc2nc(-c3ccccc3)c(-c3ccccc3)o2)O[C@H](c2cccc(-c3cccc(CNC(=O)C(Cl)(Cl)Cl)c3)c2)O[C@@H]1c1ccc(CO)cc1. The standard InChI is InChI=1S/C43H37Cl3N2O5S/c1-27-36(26-54-42-48-37(30-11-4-2-5-12-30)39(53-42)31-13-6-3-7-14-31)51-40(52-38(27)32-20-18-28(25-49)19-21-32)35-17-9-16-34(23-35)33-15-8-10-29(22-33)24-47-41(50)43(44,45)46/h2-23,27,36,38,40,49H,24-26H2,1H3,(H,47,50)/t27-,36+,38+,40+/m1/s1. The van der Waals surface area contributed by atoms with Crippen LogP contribution in [0.25, 0.3) is 33.7 Å². The van der Waals surface area contributed by atoms with Crippen molar-refractivity contribution < 1.29 is 23.8 Å². The van der Waals surface area contributed by atoms with Gasteiger partial charge in [0.25, 0.3) is 14.9 Å². The summed E-state index contributed by atoms with van der Waals surface area (Å²) in [6, 6.07) is 43.8. The summed E-state index contributed by atoms with van der Waals surface area (Å²) in [5, 5.41) is 12.9. The van der Waals surface area contributed by atoms with E-state index < -0.39 is 16.0 Å². The average molecular weight is 800 g/mol. The van der Waals surface area contributed by atoms with Gasteiger partial charge >= 0.3 is 0 Å². The van der Waals surface area contributed by atoms with Gasteiger partial charge < -0.3 is 24.3 Å². The number of nitrogens with zero attached hydrogens (tertiary/aromatic N) is 1. The average Bonchev–Trinajstić information content (AvgIpc) is 3.64. The van der Waals surface area contributed by atoms with Gasteiger partial charge in [-0.15, -0.1) is 0 Å². The second-order valence-corrected chi connectivity index (χ2v) is 16.3. The van der Waals surface area contributed by atoms with E-state index in [-0.39, 0.29) is 31.3 Å². The van der Waals surface area contributed by atoms with Crippen LogP contribution in [-0.4, -0.2) is 31.6 Å². The fourth-order valence-corrected chi connectivity index (χ4v) is 7.60. The number of rotatable bonds is 11. The van der Waals surface area contributed by atoms with Crippen molar-refractivity contribution in [2.75, 3.05) is 5.75 Å². The normalized spacial score (nSPS) is 18.7. The lowest BCUT2D eigenvalue weighted by atomic mass is 9.91. The lowest BCUT2D eigenvalue weighted by molar-refractivity contribution is -0.268. The monoisotopic (exact) mass is 798 g/mol. The molecule has 0 spiro atoms. The summed E-state index contributed by atoms with van der Waals surface area (Å²) in [5.74, 6) is 0.564. The largest absolute Gasteiger partial charge is 0.431 e. The summed E-state index contributed by atoms with van der Waals surface area (Å²) in [6.45, 7) is 2.30. The van der Waals surface area contributed by atoms with Gasteiger partial charge in [0, 0.05) is 34.9 Å². The number of ether oxygens (including phenoxy) is 2. The summed E-state index contributed by atoms with van der Waals surface area (Å²) in [7, 11) is 0. The Morgan fingerprint density at radius 2 is 1.41 bits per heavy atom. The first kappa shape index (κ1) is 38.2. The van der Waals surface area contributed by atoms with E-state index in [1.165, 1.54) is 11.8 Å². The van der Waals surface area contributed by atoms with Gasteiger partial charge in [-0.2, -0.15) is 0 Å². The number of aliphatic hydroxyl groups is 1. The van der Waals surface area contributed by atoms with Crippen LogP contribution in [0, 0.1) is 5.92 Å². The summed E-state index contributed by atoms with van der Waals surface area (Å²) >= 11 is 18.7. The van der Waals surface area contributed by atoms with Crippen molar-refractivity contribution in [2.24, 2.45) is 5.92 Å². The van der Waals surface area contributed by atoms with Crippen LogP contribution in [0.1, 0.15) is 41.6 Å². The van der Waals surface area contributed by atoms with Gasteiger partial charge in [0.05, 0.1) is 18.8 Å². The van der Waals surface area contributed by atoms with E-state index in [0.717, 1.165) is 56.0 Å². The molecule has 1 saturated heterocycles. The van der Waals surface area contributed by atoms with Crippen LogP contribution < -0.4 is 5.32 Å². The van der Waals surface area contributed by atoms with Gasteiger partial charge in [-0.3, -0.25) is 4.79 Å². The molecule has 4 atom stereocenters. The van der Waals surface area contributed by atoms with E-state index in [2.05, 4.69) is 18.3 Å². The second-order valence-electron chi connectivity index (χ2n) is 13.0. The maximum Gasteiger partial charge on any atom is 0.272 e. The predicted molar refractivity (Wildman–Crippen MR) is 215 cm³/mol. The second kappa shape index (κ2) is 17.1. The number of hydrogen-bond acceptors (Lipinski definition) is 7. The van der Waals surface area contributed by atoms with E-state index >= 15 is 0 Å². The fourth-order valence-electron chi connectivity index (χ4n) is 6.41. The first-order valence-electron chi connectivity index (χ1n) is 17.5. The molecule has 0 aliphatic carbocycles. The number of carbonyl (C=O) groups is 1. The molecule has 7 nitrogen and oxygen atoms in total. The summed E-state index contributed by atoms with van der Waals surface area (Å²) in [4.78, 5) is 17.1. The van der Waals surface area contributed by atoms with Crippen LogP contribution in [0.2, 0.25) is 0 Å². The Morgan fingerprint density at radius 3 is 2.09 bits per heavy atom. The van der Waals surface area contributed by atoms with Gasteiger partial charge in [0.1, 0.15) is 5.69 Å². The highest BCUT2D eigenvalue weighted by atomic mass is 35.6. The molecule has 1 fully saturated rings. The minimum Gasteiger partial charge on any atom is -0.431 e. The van der Waals surface area contributed by atoms with Crippen LogP contribution in [0.4, 0.5) is 0 Å². The van der Waals surface area contributed by atoms with Crippen LogP contribution in [0.15, 0.2) is 143 Å². The van der Waals surface area contributed by atoms with Crippen LogP contribution in [0.5, 0.6) is 0 Å². The molecule has 0 saturated carbocycles. The van der Waals surface area contributed by atoms with Gasteiger partial charge in [0.2, 0.25) is 0 Å². The van der Waals surface area contributed by atoms with Crippen molar-refractivity contribution in [3.63, 3.8) is 0 Å². The van der Waals surface area contributed by atoms with E-state index in [4.69, 9.17) is 53.7 Å². The molecule has 2 heterocycles. The van der Waals surface area contributed by atoms with Crippen molar-refractivity contribution in [3.05, 3.63) is 156 Å². The van der Waals surface area contributed by atoms with Crippen LogP contribution in [0.3, 0.4) is 0 Å². The topological polar surface area (TPSA) is 93.8 Å². The highest BCUT2D eigenvalue weighted by molar-refractivity contribution is 7.99. The third-order valence-corrected chi connectivity index (χ3v) is 10.7. The number of oxazole rings is 1. The van der Waals surface area contributed by atoms with Gasteiger partial charge in [-0.25, -0.2) is 4.98 Å². The maximum absolute atomic E-state index is 12.1. The lowest BCUT2D eigenvalue weighted by Gasteiger charge is -2.41. The van der Waals surface area contributed by atoms with Crippen molar-refractivity contribution in [2.45, 2.75) is 47.6 Å². The third kappa shape index (κ3) is 9.04. The fraction of sp³-hybridized carbons (Fsp3) is 0.209. The zero-order valence-electron chi connectivity index (χ0n) is 29.2. The number of thioether (sulfide) groups is 1. The number of halogens is 3. The van der Waals surface area contributed by atoms with Crippen molar-refractivity contribution in [1.82, 2.24) is 10.3 Å². The number of alkyl halides is 3. The molecule has 7 rings (SSSR count). The Labute approximate surface area is 333 Å². The van der Waals surface area contributed by atoms with E-state index in [9.17, 15) is 9.90 Å². The summed E-state index contributed by atoms with van der Waals surface area (Å²) < 4.78 is 18.0. The predicted octanol–water partition coefficient (Wildman–Crippen LogP) is 10.7. The van der Waals surface area contributed by atoms with Gasteiger partial charge in [-0.05, 0) is 39.9 Å². The zero-order chi connectivity index (χ0) is 37.7. The molecular formula is C43H37Cl3N2O5S. The Morgan fingerprint density at radius 1 is 0.759 bits per heavy atom. The third-order valence-electron chi connectivity index (χ3n) is 9.31. The molecule has 54 heavy (non-hydrogen) atoms. The van der Waals surface area contributed by atoms with Crippen molar-refractivity contribution in [1.29, 1.82) is 0 Å². The van der Waals surface area contributed by atoms with Gasteiger partial charge in [0.15, 0.2) is 12.1 Å². The molecule has 0 unspecified atom stereocenters. The Balaban J connectivity index is 1.15.